The molecule has 1 aliphatic heterocycles. The largest absolute Gasteiger partial charge is 0.336 e. The predicted octanol–water partition coefficient (Wildman–Crippen LogP) is 0.574. The molecule has 7 heteroatoms. The number of carbonyl (C=O) groups excluding carboxylic acids is 1. The molecular formula is C17H19N5O2. The maximum Gasteiger partial charge on any atom is 0.276 e. The number of piperazine rings is 1. The third-order valence-corrected chi connectivity index (χ3v) is 4.77. The van der Waals surface area contributed by atoms with Crippen molar-refractivity contribution in [2.75, 3.05) is 33.2 Å². The molecule has 1 aliphatic rings. The van der Waals surface area contributed by atoms with Gasteiger partial charge in [0.15, 0.2) is 0 Å². The molecule has 0 atom stereocenters. The average Bonchev–Trinajstić information content (AvgIpc) is 3.09. The minimum atomic E-state index is -0.121. The summed E-state index contributed by atoms with van der Waals surface area (Å²) in [6.45, 7) is 3.21. The van der Waals surface area contributed by atoms with Gasteiger partial charge in [-0.2, -0.15) is 5.10 Å². The van der Waals surface area contributed by atoms with Crippen molar-refractivity contribution in [1.29, 1.82) is 0 Å². The second kappa shape index (κ2) is 5.45. The van der Waals surface area contributed by atoms with Crippen LogP contribution < -0.4 is 5.56 Å². The quantitative estimate of drug-likeness (QED) is 0.656. The van der Waals surface area contributed by atoms with Crippen molar-refractivity contribution < 1.29 is 4.79 Å². The number of likely N-dealkylation sites (N-methyl/N-ethyl adjacent to an activating group) is 1. The molecule has 2 aromatic heterocycles. The molecule has 1 fully saturated rings. The molecule has 1 aromatic carbocycles. The number of aryl methyl sites for hydroxylation is 1. The van der Waals surface area contributed by atoms with Crippen molar-refractivity contribution in [2.45, 2.75) is 0 Å². The molecule has 3 heterocycles. The zero-order valence-electron chi connectivity index (χ0n) is 13.8. The number of amides is 1. The lowest BCUT2D eigenvalue weighted by Crippen LogP contribution is -2.47. The molecule has 4 rings (SSSR count). The summed E-state index contributed by atoms with van der Waals surface area (Å²) in [5.74, 6) is 0.0120. The maximum absolute atomic E-state index is 12.8. The van der Waals surface area contributed by atoms with Crippen molar-refractivity contribution in [3.8, 4) is 0 Å². The van der Waals surface area contributed by atoms with Crippen molar-refractivity contribution in [3.05, 3.63) is 46.4 Å². The van der Waals surface area contributed by atoms with Gasteiger partial charge in [0.05, 0.1) is 17.2 Å². The standard InChI is InChI=1S/C17H19N5O2/c1-19-7-9-21(10-8-19)16(23)12-3-4-13-15(11-12)20(2)17(24)14-5-6-18-22(13)14/h3-6,11H,7-10H2,1-2H3. The minimum Gasteiger partial charge on any atom is -0.336 e. The van der Waals surface area contributed by atoms with Gasteiger partial charge >= 0.3 is 0 Å². The van der Waals surface area contributed by atoms with E-state index in [2.05, 4.69) is 17.0 Å². The Hall–Kier alpha value is -2.67. The molecule has 0 N–H and O–H groups in total. The molecule has 7 nitrogen and oxygen atoms in total. The van der Waals surface area contributed by atoms with Gasteiger partial charge in [-0.05, 0) is 31.3 Å². The van der Waals surface area contributed by atoms with Gasteiger partial charge in [-0.1, -0.05) is 0 Å². The number of rotatable bonds is 1. The van der Waals surface area contributed by atoms with Crippen LogP contribution in [0.2, 0.25) is 0 Å². The van der Waals surface area contributed by atoms with E-state index in [4.69, 9.17) is 0 Å². The third-order valence-electron chi connectivity index (χ3n) is 4.77. The van der Waals surface area contributed by atoms with Crippen LogP contribution in [0.4, 0.5) is 0 Å². The van der Waals surface area contributed by atoms with Crippen molar-refractivity contribution >= 4 is 22.5 Å². The SMILES string of the molecule is CN1CCN(C(=O)c2ccc3c(c2)n(C)c(=O)c2ccnn23)CC1. The number of aromatic nitrogens is 3. The van der Waals surface area contributed by atoms with Crippen LogP contribution in [-0.4, -0.2) is 63.1 Å². The lowest BCUT2D eigenvalue weighted by molar-refractivity contribution is 0.0664. The normalized spacial score (nSPS) is 16.2. The Morgan fingerprint density at radius 2 is 1.75 bits per heavy atom. The summed E-state index contributed by atoms with van der Waals surface area (Å²) in [5.41, 5.74) is 2.53. The average molecular weight is 325 g/mol. The Labute approximate surface area is 138 Å². The first-order valence-corrected chi connectivity index (χ1v) is 8.00. The summed E-state index contributed by atoms with van der Waals surface area (Å²) in [4.78, 5) is 29.3. The van der Waals surface area contributed by atoms with Gasteiger partial charge in [-0.25, -0.2) is 4.52 Å². The molecule has 1 amide bonds. The molecule has 3 aromatic rings. The van der Waals surface area contributed by atoms with E-state index in [9.17, 15) is 9.59 Å². The van der Waals surface area contributed by atoms with Gasteiger partial charge in [0, 0.05) is 38.8 Å². The second-order valence-electron chi connectivity index (χ2n) is 6.29. The van der Waals surface area contributed by atoms with E-state index in [0.717, 1.165) is 31.7 Å². The Morgan fingerprint density at radius 3 is 2.50 bits per heavy atom. The Balaban J connectivity index is 1.81. The monoisotopic (exact) mass is 325 g/mol. The third kappa shape index (κ3) is 2.20. The van der Waals surface area contributed by atoms with Crippen LogP contribution in [0.5, 0.6) is 0 Å². The van der Waals surface area contributed by atoms with Crippen LogP contribution >= 0.6 is 0 Å². The number of benzene rings is 1. The van der Waals surface area contributed by atoms with E-state index in [1.807, 2.05) is 17.0 Å². The minimum absolute atomic E-state index is 0.0120. The Bertz CT molecular complexity index is 995. The predicted molar refractivity (Wildman–Crippen MR) is 91.3 cm³/mol. The number of fused-ring (bicyclic) bond motifs is 3. The fourth-order valence-electron chi connectivity index (χ4n) is 3.23. The summed E-state index contributed by atoms with van der Waals surface area (Å²) < 4.78 is 3.20. The molecule has 0 bridgehead atoms. The van der Waals surface area contributed by atoms with Crippen LogP contribution in [0.1, 0.15) is 10.4 Å². The molecule has 0 radical (unpaired) electrons. The van der Waals surface area contributed by atoms with E-state index in [1.54, 1.807) is 34.5 Å². The molecule has 24 heavy (non-hydrogen) atoms. The molecular weight excluding hydrogens is 306 g/mol. The second-order valence-corrected chi connectivity index (χ2v) is 6.29. The van der Waals surface area contributed by atoms with Crippen LogP contribution in [-0.2, 0) is 7.05 Å². The van der Waals surface area contributed by atoms with Crippen LogP contribution in [0.3, 0.4) is 0 Å². The number of carbonyl (C=O) groups is 1. The number of hydrogen-bond acceptors (Lipinski definition) is 4. The van der Waals surface area contributed by atoms with Gasteiger partial charge in [0.1, 0.15) is 5.52 Å². The van der Waals surface area contributed by atoms with E-state index < -0.39 is 0 Å². The first kappa shape index (κ1) is 14.9. The molecule has 0 unspecified atom stereocenters. The topological polar surface area (TPSA) is 62.8 Å². The summed E-state index contributed by atoms with van der Waals surface area (Å²) >= 11 is 0. The Morgan fingerprint density at radius 1 is 1.00 bits per heavy atom. The lowest BCUT2D eigenvalue weighted by Gasteiger charge is -2.32. The van der Waals surface area contributed by atoms with Gasteiger partial charge in [0.2, 0.25) is 0 Å². The van der Waals surface area contributed by atoms with Gasteiger partial charge in [-0.3, -0.25) is 9.59 Å². The van der Waals surface area contributed by atoms with Gasteiger partial charge in [-0.15, -0.1) is 0 Å². The van der Waals surface area contributed by atoms with E-state index >= 15 is 0 Å². The van der Waals surface area contributed by atoms with E-state index in [-0.39, 0.29) is 11.5 Å². The van der Waals surface area contributed by atoms with E-state index in [1.165, 1.54) is 0 Å². The first-order valence-electron chi connectivity index (χ1n) is 8.00. The lowest BCUT2D eigenvalue weighted by atomic mass is 10.1. The summed E-state index contributed by atoms with van der Waals surface area (Å²) in [6.07, 6.45) is 1.61. The fraction of sp³-hybridized carbons (Fsp3) is 0.353. The summed E-state index contributed by atoms with van der Waals surface area (Å²) in [5, 5.41) is 4.22. The fourth-order valence-corrected chi connectivity index (χ4v) is 3.23. The summed E-state index contributed by atoms with van der Waals surface area (Å²) in [6, 6.07) is 7.16. The van der Waals surface area contributed by atoms with Crippen molar-refractivity contribution in [3.63, 3.8) is 0 Å². The highest BCUT2D eigenvalue weighted by molar-refractivity contribution is 5.97. The smallest absolute Gasteiger partial charge is 0.276 e. The maximum atomic E-state index is 12.8. The zero-order valence-corrected chi connectivity index (χ0v) is 13.8. The highest BCUT2D eigenvalue weighted by atomic mass is 16.2. The van der Waals surface area contributed by atoms with E-state index in [0.29, 0.717) is 16.6 Å². The van der Waals surface area contributed by atoms with Crippen molar-refractivity contribution in [2.24, 2.45) is 7.05 Å². The Kier molecular flexibility index (Phi) is 3.38. The highest BCUT2D eigenvalue weighted by Gasteiger charge is 2.21. The first-order chi connectivity index (χ1) is 11.6. The molecule has 0 aliphatic carbocycles. The van der Waals surface area contributed by atoms with Crippen LogP contribution in [0, 0.1) is 0 Å². The zero-order chi connectivity index (χ0) is 16.8. The van der Waals surface area contributed by atoms with Gasteiger partial charge in [0.25, 0.3) is 11.5 Å². The van der Waals surface area contributed by atoms with Gasteiger partial charge < -0.3 is 14.4 Å². The number of nitrogens with zero attached hydrogens (tertiary/aromatic N) is 5. The van der Waals surface area contributed by atoms with Crippen molar-refractivity contribution in [1.82, 2.24) is 24.0 Å². The molecule has 1 saturated heterocycles. The molecule has 124 valence electrons. The highest BCUT2D eigenvalue weighted by Crippen LogP contribution is 2.17. The summed E-state index contributed by atoms with van der Waals surface area (Å²) in [7, 11) is 3.78. The van der Waals surface area contributed by atoms with Crippen LogP contribution in [0.15, 0.2) is 35.3 Å². The molecule has 0 saturated carbocycles. The van der Waals surface area contributed by atoms with Crippen LogP contribution in [0.25, 0.3) is 16.6 Å². The number of hydrogen-bond donors (Lipinski definition) is 0. The molecule has 0 spiro atoms.